The lowest BCUT2D eigenvalue weighted by molar-refractivity contribution is -0.130. The normalized spacial score (nSPS) is 14.4. The van der Waals surface area contributed by atoms with Gasteiger partial charge in [0.25, 0.3) is 5.91 Å². The van der Waals surface area contributed by atoms with Crippen LogP contribution < -0.4 is 11.1 Å². The van der Waals surface area contributed by atoms with Gasteiger partial charge in [-0.15, -0.1) is 0 Å². The van der Waals surface area contributed by atoms with Crippen LogP contribution in [0, 0.1) is 5.92 Å². The number of benzene rings is 1. The highest BCUT2D eigenvalue weighted by Crippen LogP contribution is 2.12. The number of carbonyl (C=O) groups is 1. The second-order valence-corrected chi connectivity index (χ2v) is 4.41. The summed E-state index contributed by atoms with van der Waals surface area (Å²) in [5, 5.41) is 12.6. The molecule has 1 amide bonds. The predicted molar refractivity (Wildman–Crippen MR) is 67.2 cm³/mol. The van der Waals surface area contributed by atoms with E-state index >= 15 is 0 Å². The molecule has 94 valence electrons. The van der Waals surface area contributed by atoms with Gasteiger partial charge in [0.2, 0.25) is 0 Å². The van der Waals surface area contributed by atoms with Gasteiger partial charge in [-0.1, -0.05) is 44.2 Å². The zero-order chi connectivity index (χ0) is 12.8. The van der Waals surface area contributed by atoms with Crippen molar-refractivity contribution in [2.75, 3.05) is 6.54 Å². The van der Waals surface area contributed by atoms with E-state index in [1.54, 1.807) is 24.3 Å². The first-order chi connectivity index (χ1) is 8.06. The van der Waals surface area contributed by atoms with Crippen molar-refractivity contribution in [2.45, 2.75) is 26.0 Å². The van der Waals surface area contributed by atoms with E-state index in [1.807, 2.05) is 19.9 Å². The smallest absolute Gasteiger partial charge is 0.253 e. The number of hydrogen-bond donors (Lipinski definition) is 3. The standard InChI is InChI=1S/C13H20N2O2/c1-9(2)11(8-14)15-13(17)12(16)10-6-4-3-5-7-10/h3-7,9,11-12,16H,8,14H2,1-2H3,(H,15,17). The molecule has 0 bridgehead atoms. The van der Waals surface area contributed by atoms with Crippen LogP contribution in [0.15, 0.2) is 30.3 Å². The maximum absolute atomic E-state index is 11.8. The molecule has 0 heterocycles. The van der Waals surface area contributed by atoms with E-state index in [1.165, 1.54) is 0 Å². The van der Waals surface area contributed by atoms with Crippen LogP contribution in [0.5, 0.6) is 0 Å². The summed E-state index contributed by atoms with van der Waals surface area (Å²) < 4.78 is 0. The van der Waals surface area contributed by atoms with Crippen molar-refractivity contribution in [3.63, 3.8) is 0 Å². The zero-order valence-corrected chi connectivity index (χ0v) is 10.3. The van der Waals surface area contributed by atoms with Crippen molar-refractivity contribution >= 4 is 5.91 Å². The highest BCUT2D eigenvalue weighted by atomic mass is 16.3. The second-order valence-electron chi connectivity index (χ2n) is 4.41. The lowest BCUT2D eigenvalue weighted by atomic mass is 10.0. The van der Waals surface area contributed by atoms with Crippen LogP contribution in [0.3, 0.4) is 0 Å². The minimum Gasteiger partial charge on any atom is -0.378 e. The Morgan fingerprint density at radius 3 is 2.41 bits per heavy atom. The van der Waals surface area contributed by atoms with E-state index in [-0.39, 0.29) is 12.0 Å². The Kier molecular flexibility index (Phi) is 5.12. The van der Waals surface area contributed by atoms with Gasteiger partial charge in [0.1, 0.15) is 0 Å². The van der Waals surface area contributed by atoms with Crippen molar-refractivity contribution < 1.29 is 9.90 Å². The van der Waals surface area contributed by atoms with Crippen molar-refractivity contribution in [2.24, 2.45) is 11.7 Å². The van der Waals surface area contributed by atoms with E-state index in [2.05, 4.69) is 5.32 Å². The maximum atomic E-state index is 11.8. The van der Waals surface area contributed by atoms with Crippen molar-refractivity contribution in [1.82, 2.24) is 5.32 Å². The summed E-state index contributed by atoms with van der Waals surface area (Å²) in [6.07, 6.45) is -1.14. The van der Waals surface area contributed by atoms with Crippen LogP contribution in [0.25, 0.3) is 0 Å². The molecule has 1 aromatic rings. The van der Waals surface area contributed by atoms with Gasteiger partial charge in [-0.3, -0.25) is 4.79 Å². The van der Waals surface area contributed by atoms with E-state index in [4.69, 9.17) is 5.73 Å². The van der Waals surface area contributed by atoms with Crippen molar-refractivity contribution in [3.8, 4) is 0 Å². The first-order valence-corrected chi connectivity index (χ1v) is 5.79. The van der Waals surface area contributed by atoms with Gasteiger partial charge in [0.15, 0.2) is 6.10 Å². The van der Waals surface area contributed by atoms with E-state index in [0.717, 1.165) is 0 Å². The van der Waals surface area contributed by atoms with Crippen LogP contribution in [-0.4, -0.2) is 23.6 Å². The van der Waals surface area contributed by atoms with E-state index in [0.29, 0.717) is 12.1 Å². The third kappa shape index (κ3) is 3.84. The lowest BCUT2D eigenvalue weighted by Gasteiger charge is -2.22. The maximum Gasteiger partial charge on any atom is 0.253 e. The van der Waals surface area contributed by atoms with Gasteiger partial charge in [-0.25, -0.2) is 0 Å². The molecule has 4 N–H and O–H groups in total. The van der Waals surface area contributed by atoms with Gasteiger partial charge >= 0.3 is 0 Å². The van der Waals surface area contributed by atoms with Gasteiger partial charge < -0.3 is 16.2 Å². The summed E-state index contributed by atoms with van der Waals surface area (Å²) in [7, 11) is 0. The molecule has 0 aromatic heterocycles. The minimum absolute atomic E-state index is 0.110. The molecule has 0 aliphatic rings. The number of aliphatic hydroxyl groups excluding tert-OH is 1. The molecule has 0 spiro atoms. The molecule has 17 heavy (non-hydrogen) atoms. The molecule has 0 saturated heterocycles. The van der Waals surface area contributed by atoms with E-state index < -0.39 is 12.0 Å². The van der Waals surface area contributed by atoms with Gasteiger partial charge in [0.05, 0.1) is 0 Å². The molecule has 2 unspecified atom stereocenters. The molecule has 0 aliphatic carbocycles. The minimum atomic E-state index is -1.14. The van der Waals surface area contributed by atoms with Crippen LogP contribution in [-0.2, 0) is 4.79 Å². The van der Waals surface area contributed by atoms with Gasteiger partial charge in [-0.2, -0.15) is 0 Å². The molecule has 0 radical (unpaired) electrons. The Labute approximate surface area is 102 Å². The number of aliphatic hydroxyl groups is 1. The lowest BCUT2D eigenvalue weighted by Crippen LogP contribution is -2.45. The molecule has 0 fully saturated rings. The fraction of sp³-hybridized carbons (Fsp3) is 0.462. The average Bonchev–Trinajstić information content (AvgIpc) is 2.35. The molecule has 2 atom stereocenters. The largest absolute Gasteiger partial charge is 0.378 e. The summed E-state index contributed by atoms with van der Waals surface area (Å²) in [6.45, 7) is 4.32. The van der Waals surface area contributed by atoms with Crippen molar-refractivity contribution in [1.29, 1.82) is 0 Å². The fourth-order valence-corrected chi connectivity index (χ4v) is 1.55. The Morgan fingerprint density at radius 1 is 1.35 bits per heavy atom. The summed E-state index contributed by atoms with van der Waals surface area (Å²) >= 11 is 0. The Morgan fingerprint density at radius 2 is 1.94 bits per heavy atom. The number of carbonyl (C=O) groups excluding carboxylic acids is 1. The predicted octanol–water partition coefficient (Wildman–Crippen LogP) is 0.819. The molecule has 0 saturated carbocycles. The van der Waals surface area contributed by atoms with Crippen LogP contribution >= 0.6 is 0 Å². The molecule has 1 aromatic carbocycles. The average molecular weight is 236 g/mol. The number of hydrogen-bond acceptors (Lipinski definition) is 3. The number of nitrogens with two attached hydrogens (primary N) is 1. The number of amides is 1. The Bertz CT molecular complexity index is 352. The summed E-state index contributed by atoms with van der Waals surface area (Å²) in [5.41, 5.74) is 6.15. The first kappa shape index (κ1) is 13.7. The third-order valence-electron chi connectivity index (χ3n) is 2.75. The molecule has 1 rings (SSSR count). The topological polar surface area (TPSA) is 75.3 Å². The molecular formula is C13H20N2O2. The van der Waals surface area contributed by atoms with Gasteiger partial charge in [0, 0.05) is 12.6 Å². The monoisotopic (exact) mass is 236 g/mol. The zero-order valence-electron chi connectivity index (χ0n) is 10.3. The quantitative estimate of drug-likeness (QED) is 0.708. The third-order valence-corrected chi connectivity index (χ3v) is 2.75. The fourth-order valence-electron chi connectivity index (χ4n) is 1.55. The summed E-state index contributed by atoms with van der Waals surface area (Å²) in [4.78, 5) is 11.8. The molecule has 0 aliphatic heterocycles. The first-order valence-electron chi connectivity index (χ1n) is 5.79. The highest BCUT2D eigenvalue weighted by Gasteiger charge is 2.21. The van der Waals surface area contributed by atoms with Gasteiger partial charge in [-0.05, 0) is 11.5 Å². The van der Waals surface area contributed by atoms with Crippen LogP contribution in [0.2, 0.25) is 0 Å². The van der Waals surface area contributed by atoms with Crippen LogP contribution in [0.4, 0.5) is 0 Å². The molecule has 4 heteroatoms. The molecule has 4 nitrogen and oxygen atoms in total. The number of rotatable bonds is 5. The second kappa shape index (κ2) is 6.37. The summed E-state index contributed by atoms with van der Waals surface area (Å²) in [5.74, 6) is -0.160. The SMILES string of the molecule is CC(C)C(CN)NC(=O)C(O)c1ccccc1. The highest BCUT2D eigenvalue weighted by molar-refractivity contribution is 5.82. The van der Waals surface area contributed by atoms with Crippen LogP contribution in [0.1, 0.15) is 25.5 Å². The van der Waals surface area contributed by atoms with Crippen molar-refractivity contribution in [3.05, 3.63) is 35.9 Å². The van der Waals surface area contributed by atoms with E-state index in [9.17, 15) is 9.90 Å². The Hall–Kier alpha value is -1.39. The Balaban J connectivity index is 2.64. The summed E-state index contributed by atoms with van der Waals surface area (Å²) in [6, 6.07) is 8.74. The number of nitrogens with one attached hydrogen (secondary N) is 1. The molecular weight excluding hydrogens is 216 g/mol.